The Kier molecular flexibility index (Phi) is 7.10. The molecular weight excluding hydrogens is 449 g/mol. The maximum atomic E-state index is 13.9. The first kappa shape index (κ1) is 23.9. The maximum Gasteiger partial charge on any atom is 0.305 e. The van der Waals surface area contributed by atoms with Crippen LogP contribution in [0.15, 0.2) is 48.5 Å². The van der Waals surface area contributed by atoms with Gasteiger partial charge in [-0.1, -0.05) is 30.3 Å². The fourth-order valence-electron chi connectivity index (χ4n) is 4.18. The molecule has 0 saturated heterocycles. The third-order valence-corrected chi connectivity index (χ3v) is 5.88. The molecule has 0 bridgehead atoms. The lowest BCUT2D eigenvalue weighted by Gasteiger charge is -2.09. The first-order valence-electron chi connectivity index (χ1n) is 11.3. The van der Waals surface area contributed by atoms with E-state index in [9.17, 15) is 18.8 Å². The minimum atomic E-state index is -0.440. The largest absolute Gasteiger partial charge is 0.469 e. The average molecular weight is 476 g/mol. The number of nitrogens with one attached hydrogen (secondary N) is 3. The number of ether oxygens (including phenoxy) is 1. The van der Waals surface area contributed by atoms with Crippen LogP contribution in [0.3, 0.4) is 0 Å². The van der Waals surface area contributed by atoms with Crippen LogP contribution in [-0.4, -0.2) is 36.4 Å². The number of hydrogen-bond acceptors (Lipinski definition) is 4. The molecule has 3 aromatic rings. The number of anilines is 1. The lowest BCUT2D eigenvalue weighted by atomic mass is 9.97. The number of carbonyl (C=O) groups excluding carboxylic acids is 3. The average Bonchev–Trinajstić information content (AvgIpc) is 3.34. The fourth-order valence-corrected chi connectivity index (χ4v) is 4.18. The Morgan fingerprint density at radius 3 is 2.63 bits per heavy atom. The number of unbranched alkanes of at least 4 members (excludes halogenated alkanes) is 1. The zero-order valence-electron chi connectivity index (χ0n) is 19.5. The van der Waals surface area contributed by atoms with E-state index in [4.69, 9.17) is 0 Å². The molecule has 1 aliphatic heterocycles. The summed E-state index contributed by atoms with van der Waals surface area (Å²) < 4.78 is 18.5. The van der Waals surface area contributed by atoms with Gasteiger partial charge in [0.15, 0.2) is 0 Å². The van der Waals surface area contributed by atoms with E-state index in [-0.39, 0.29) is 17.8 Å². The molecule has 3 N–H and O–H groups in total. The number of rotatable bonds is 8. The van der Waals surface area contributed by atoms with E-state index in [1.165, 1.54) is 25.3 Å². The van der Waals surface area contributed by atoms with Crippen LogP contribution in [-0.2, 0) is 14.3 Å². The predicted octanol–water partition coefficient (Wildman–Crippen LogP) is 4.70. The number of esters is 1. The van der Waals surface area contributed by atoms with Gasteiger partial charge in [-0.2, -0.15) is 0 Å². The molecule has 2 aromatic carbocycles. The van der Waals surface area contributed by atoms with Crippen molar-refractivity contribution in [1.29, 1.82) is 0 Å². The predicted molar refractivity (Wildman–Crippen MR) is 132 cm³/mol. The third kappa shape index (κ3) is 5.16. The van der Waals surface area contributed by atoms with Crippen molar-refractivity contribution >= 4 is 35.1 Å². The first-order valence-corrected chi connectivity index (χ1v) is 11.3. The molecule has 0 saturated carbocycles. The standard InChI is InChI=1S/C27H26FN3O4/c1-16-24(27(34)29-13-7-6-10-23(32)35-2)25(17-8-4-3-5-9-17)22(30-16)15-20-19-14-18(28)11-12-21(19)31-26(20)33/h3-5,8-9,11-12,14-15,30H,6-7,10,13H2,1-2H3,(H,29,34)(H,31,33)/b20-15-. The second-order valence-corrected chi connectivity index (χ2v) is 8.27. The Morgan fingerprint density at radius 2 is 1.89 bits per heavy atom. The number of methoxy groups -OCH3 is 1. The Morgan fingerprint density at radius 1 is 1.11 bits per heavy atom. The molecule has 180 valence electrons. The summed E-state index contributed by atoms with van der Waals surface area (Å²) in [7, 11) is 1.35. The highest BCUT2D eigenvalue weighted by Gasteiger charge is 2.27. The summed E-state index contributed by atoms with van der Waals surface area (Å²) in [6, 6.07) is 13.5. The van der Waals surface area contributed by atoms with E-state index in [2.05, 4.69) is 20.4 Å². The molecule has 0 radical (unpaired) electrons. The fraction of sp³-hybridized carbons (Fsp3) is 0.222. The van der Waals surface area contributed by atoms with E-state index >= 15 is 0 Å². The number of halogens is 1. The Balaban J connectivity index is 1.68. The number of aromatic amines is 1. The van der Waals surface area contributed by atoms with Crippen molar-refractivity contribution in [2.75, 3.05) is 19.0 Å². The van der Waals surface area contributed by atoms with Crippen LogP contribution in [0, 0.1) is 12.7 Å². The first-order chi connectivity index (χ1) is 16.9. The normalized spacial score (nSPS) is 13.5. The molecule has 2 amide bonds. The van der Waals surface area contributed by atoms with E-state index < -0.39 is 5.82 Å². The Bertz CT molecular complexity index is 1310. The smallest absolute Gasteiger partial charge is 0.305 e. The van der Waals surface area contributed by atoms with Gasteiger partial charge in [0.2, 0.25) is 0 Å². The van der Waals surface area contributed by atoms with Crippen LogP contribution in [0.4, 0.5) is 10.1 Å². The summed E-state index contributed by atoms with van der Waals surface area (Å²) in [5.41, 5.74) is 4.46. The van der Waals surface area contributed by atoms with E-state index in [1.807, 2.05) is 30.3 Å². The second-order valence-electron chi connectivity index (χ2n) is 8.27. The summed E-state index contributed by atoms with van der Waals surface area (Å²) in [6.45, 7) is 2.20. The summed E-state index contributed by atoms with van der Waals surface area (Å²) in [6.07, 6.45) is 3.19. The van der Waals surface area contributed by atoms with E-state index in [1.54, 1.807) is 13.0 Å². The van der Waals surface area contributed by atoms with Crippen LogP contribution in [0.1, 0.15) is 46.6 Å². The number of fused-ring (bicyclic) bond motifs is 1. The molecule has 0 unspecified atom stereocenters. The molecule has 35 heavy (non-hydrogen) atoms. The number of hydrogen-bond donors (Lipinski definition) is 3. The van der Waals surface area contributed by atoms with Crippen molar-refractivity contribution < 1.29 is 23.5 Å². The lowest BCUT2D eigenvalue weighted by Crippen LogP contribution is -2.25. The van der Waals surface area contributed by atoms with Crippen molar-refractivity contribution in [3.63, 3.8) is 0 Å². The number of carbonyl (C=O) groups is 3. The lowest BCUT2D eigenvalue weighted by molar-refractivity contribution is -0.140. The molecule has 0 aliphatic carbocycles. The minimum absolute atomic E-state index is 0.261. The summed E-state index contributed by atoms with van der Waals surface area (Å²) in [5, 5.41) is 5.67. The van der Waals surface area contributed by atoms with Gasteiger partial charge in [0, 0.05) is 41.2 Å². The van der Waals surface area contributed by atoms with Crippen molar-refractivity contribution in [2.45, 2.75) is 26.2 Å². The van der Waals surface area contributed by atoms with Gasteiger partial charge >= 0.3 is 5.97 Å². The molecule has 1 aromatic heterocycles. The topological polar surface area (TPSA) is 100 Å². The summed E-state index contributed by atoms with van der Waals surface area (Å²) in [5.74, 6) is -1.32. The number of benzene rings is 2. The molecule has 2 heterocycles. The van der Waals surface area contributed by atoms with Gasteiger partial charge in [0.25, 0.3) is 11.8 Å². The highest BCUT2D eigenvalue weighted by atomic mass is 19.1. The van der Waals surface area contributed by atoms with Gasteiger partial charge in [-0.15, -0.1) is 0 Å². The Labute approximate surface area is 202 Å². The molecule has 4 rings (SSSR count). The number of aryl methyl sites for hydroxylation is 1. The van der Waals surface area contributed by atoms with Gasteiger partial charge in [0.1, 0.15) is 5.82 Å². The van der Waals surface area contributed by atoms with Gasteiger partial charge in [0.05, 0.1) is 18.2 Å². The summed E-state index contributed by atoms with van der Waals surface area (Å²) >= 11 is 0. The summed E-state index contributed by atoms with van der Waals surface area (Å²) in [4.78, 5) is 40.4. The van der Waals surface area contributed by atoms with Crippen LogP contribution in [0.2, 0.25) is 0 Å². The second kappa shape index (κ2) is 10.4. The molecule has 0 atom stereocenters. The Hall–Kier alpha value is -4.20. The number of H-pyrrole nitrogens is 1. The maximum absolute atomic E-state index is 13.9. The van der Waals surface area contributed by atoms with Crippen molar-refractivity contribution in [1.82, 2.24) is 10.3 Å². The SMILES string of the molecule is COC(=O)CCCCNC(=O)c1c(C)[nH]c(/C=C2\C(=O)Nc3ccc(F)cc32)c1-c1ccccc1. The molecule has 1 aliphatic rings. The zero-order chi connectivity index (χ0) is 24.9. The number of amides is 2. The third-order valence-electron chi connectivity index (χ3n) is 5.88. The van der Waals surface area contributed by atoms with Crippen LogP contribution < -0.4 is 10.6 Å². The highest BCUT2D eigenvalue weighted by Crippen LogP contribution is 2.37. The molecule has 7 nitrogen and oxygen atoms in total. The van der Waals surface area contributed by atoms with E-state index in [0.29, 0.717) is 65.1 Å². The molecular formula is C27H26FN3O4. The number of aromatic nitrogens is 1. The van der Waals surface area contributed by atoms with Gasteiger partial charge in [-0.3, -0.25) is 14.4 Å². The molecule has 0 fully saturated rings. The van der Waals surface area contributed by atoms with Crippen LogP contribution in [0.5, 0.6) is 0 Å². The van der Waals surface area contributed by atoms with E-state index in [0.717, 1.165) is 5.56 Å². The molecule has 0 spiro atoms. The van der Waals surface area contributed by atoms with Gasteiger partial charge in [-0.25, -0.2) is 4.39 Å². The minimum Gasteiger partial charge on any atom is -0.469 e. The van der Waals surface area contributed by atoms with Gasteiger partial charge < -0.3 is 20.4 Å². The van der Waals surface area contributed by atoms with Crippen molar-refractivity contribution in [2.24, 2.45) is 0 Å². The van der Waals surface area contributed by atoms with Crippen LogP contribution >= 0.6 is 0 Å². The molecule has 8 heteroatoms. The monoisotopic (exact) mass is 475 g/mol. The zero-order valence-corrected chi connectivity index (χ0v) is 19.5. The highest BCUT2D eigenvalue weighted by molar-refractivity contribution is 6.35. The van der Waals surface area contributed by atoms with Gasteiger partial charge in [-0.05, 0) is 49.6 Å². The van der Waals surface area contributed by atoms with Crippen molar-refractivity contribution in [3.05, 3.63) is 76.9 Å². The van der Waals surface area contributed by atoms with Crippen molar-refractivity contribution in [3.8, 4) is 11.1 Å². The van der Waals surface area contributed by atoms with Crippen LogP contribution in [0.25, 0.3) is 22.8 Å². The quantitative estimate of drug-likeness (QED) is 0.250.